The lowest BCUT2D eigenvalue weighted by Gasteiger charge is -2.30. The molecule has 3 heteroatoms. The Bertz CT molecular complexity index is 268. The van der Waals surface area contributed by atoms with E-state index in [9.17, 15) is 4.79 Å². The van der Waals surface area contributed by atoms with Crippen molar-refractivity contribution in [2.45, 2.75) is 90.6 Å². The number of nitrogens with one attached hydrogen (secondary N) is 1. The zero-order chi connectivity index (χ0) is 14.8. The van der Waals surface area contributed by atoms with Crippen molar-refractivity contribution in [2.24, 2.45) is 5.92 Å². The van der Waals surface area contributed by atoms with E-state index in [1.54, 1.807) is 0 Å². The van der Waals surface area contributed by atoms with Gasteiger partial charge in [0.15, 0.2) is 0 Å². The monoisotopic (exact) mass is 283 g/mol. The summed E-state index contributed by atoms with van der Waals surface area (Å²) in [6.07, 6.45) is 10.9. The second-order valence-electron chi connectivity index (χ2n) is 6.23. The van der Waals surface area contributed by atoms with E-state index in [2.05, 4.69) is 19.2 Å². The lowest BCUT2D eigenvalue weighted by atomic mass is 9.85. The molecule has 0 amide bonds. The summed E-state index contributed by atoms with van der Waals surface area (Å²) in [5.74, 6) is 0.128. The number of rotatable bonds is 9. The van der Waals surface area contributed by atoms with E-state index >= 15 is 0 Å². The van der Waals surface area contributed by atoms with Gasteiger partial charge in [-0.2, -0.15) is 0 Å². The summed E-state index contributed by atoms with van der Waals surface area (Å²) >= 11 is 0. The van der Waals surface area contributed by atoms with Gasteiger partial charge in [-0.25, -0.2) is 0 Å². The molecule has 0 aromatic rings. The van der Waals surface area contributed by atoms with Crippen LogP contribution in [0.15, 0.2) is 0 Å². The van der Waals surface area contributed by atoms with Crippen LogP contribution in [-0.2, 0) is 9.53 Å². The van der Waals surface area contributed by atoms with Gasteiger partial charge in [-0.05, 0) is 39.5 Å². The molecule has 1 aliphatic carbocycles. The molecule has 1 saturated carbocycles. The molecular formula is C17H33NO2. The van der Waals surface area contributed by atoms with Gasteiger partial charge < -0.3 is 10.1 Å². The number of unbranched alkanes of at least 4 members (excludes halogenated alkanes) is 3. The summed E-state index contributed by atoms with van der Waals surface area (Å²) in [4.78, 5) is 11.8. The van der Waals surface area contributed by atoms with Crippen molar-refractivity contribution < 1.29 is 9.53 Å². The number of hydrogen-bond acceptors (Lipinski definition) is 3. The SMILES string of the molecule is CCCCCCC(C)NC1CCCC(C(=O)OCC)C1. The highest BCUT2D eigenvalue weighted by atomic mass is 16.5. The summed E-state index contributed by atoms with van der Waals surface area (Å²) in [5, 5.41) is 3.71. The molecule has 3 atom stereocenters. The van der Waals surface area contributed by atoms with E-state index in [0.29, 0.717) is 18.7 Å². The van der Waals surface area contributed by atoms with Crippen LogP contribution in [-0.4, -0.2) is 24.7 Å². The third-order valence-corrected chi connectivity index (χ3v) is 4.31. The fraction of sp³-hybridized carbons (Fsp3) is 0.941. The van der Waals surface area contributed by atoms with E-state index in [-0.39, 0.29) is 11.9 Å². The molecule has 0 spiro atoms. The lowest BCUT2D eigenvalue weighted by molar-refractivity contribution is -0.149. The molecule has 0 saturated heterocycles. The molecule has 3 unspecified atom stereocenters. The summed E-state index contributed by atoms with van der Waals surface area (Å²) in [7, 11) is 0. The molecule has 118 valence electrons. The van der Waals surface area contributed by atoms with Crippen molar-refractivity contribution in [3.05, 3.63) is 0 Å². The van der Waals surface area contributed by atoms with Crippen LogP contribution in [0.1, 0.15) is 78.6 Å². The Labute approximate surface area is 124 Å². The van der Waals surface area contributed by atoms with Gasteiger partial charge in [0.1, 0.15) is 0 Å². The number of carbonyl (C=O) groups excluding carboxylic acids is 1. The number of esters is 1. The molecule has 3 nitrogen and oxygen atoms in total. The third-order valence-electron chi connectivity index (χ3n) is 4.31. The van der Waals surface area contributed by atoms with Crippen LogP contribution in [0.5, 0.6) is 0 Å². The Morgan fingerprint density at radius 2 is 2.05 bits per heavy atom. The van der Waals surface area contributed by atoms with Crippen molar-refractivity contribution in [2.75, 3.05) is 6.61 Å². The molecule has 0 aliphatic heterocycles. The van der Waals surface area contributed by atoms with Crippen LogP contribution in [0, 0.1) is 5.92 Å². The van der Waals surface area contributed by atoms with Crippen molar-refractivity contribution in [3.63, 3.8) is 0 Å². The van der Waals surface area contributed by atoms with Crippen LogP contribution in [0.2, 0.25) is 0 Å². The average molecular weight is 283 g/mol. The molecule has 0 radical (unpaired) electrons. The molecule has 1 fully saturated rings. The first-order valence-corrected chi connectivity index (χ1v) is 8.60. The maximum atomic E-state index is 11.8. The first-order valence-electron chi connectivity index (χ1n) is 8.60. The lowest BCUT2D eigenvalue weighted by Crippen LogP contribution is -2.41. The number of hydrogen-bond donors (Lipinski definition) is 1. The Morgan fingerprint density at radius 1 is 1.25 bits per heavy atom. The van der Waals surface area contributed by atoms with Crippen molar-refractivity contribution >= 4 is 5.97 Å². The molecule has 0 bridgehead atoms. The highest BCUT2D eigenvalue weighted by Crippen LogP contribution is 2.26. The standard InChI is InChI=1S/C17H33NO2/c1-4-6-7-8-10-14(3)18-16-12-9-11-15(13-16)17(19)20-5-2/h14-16,18H,4-13H2,1-3H3. The van der Waals surface area contributed by atoms with Crippen molar-refractivity contribution in [1.82, 2.24) is 5.32 Å². The zero-order valence-corrected chi connectivity index (χ0v) is 13.6. The Balaban J connectivity index is 2.23. The second kappa shape index (κ2) is 10.2. The predicted molar refractivity (Wildman–Crippen MR) is 83.7 cm³/mol. The van der Waals surface area contributed by atoms with E-state index in [0.717, 1.165) is 19.3 Å². The van der Waals surface area contributed by atoms with E-state index in [1.807, 2.05) is 6.92 Å². The van der Waals surface area contributed by atoms with Gasteiger partial charge in [0.25, 0.3) is 0 Å². The van der Waals surface area contributed by atoms with E-state index < -0.39 is 0 Å². The quantitative estimate of drug-likeness (QED) is 0.512. The van der Waals surface area contributed by atoms with E-state index in [1.165, 1.54) is 38.5 Å². The highest BCUT2D eigenvalue weighted by Gasteiger charge is 2.28. The van der Waals surface area contributed by atoms with Gasteiger partial charge in [-0.3, -0.25) is 4.79 Å². The fourth-order valence-electron chi connectivity index (χ4n) is 3.18. The van der Waals surface area contributed by atoms with Crippen LogP contribution in [0.4, 0.5) is 0 Å². The summed E-state index contributed by atoms with van der Waals surface area (Å²) < 4.78 is 5.16. The van der Waals surface area contributed by atoms with Crippen molar-refractivity contribution in [1.29, 1.82) is 0 Å². The summed E-state index contributed by atoms with van der Waals surface area (Å²) in [6.45, 7) is 6.91. The fourth-order valence-corrected chi connectivity index (χ4v) is 3.18. The maximum Gasteiger partial charge on any atom is 0.308 e. The smallest absolute Gasteiger partial charge is 0.308 e. The van der Waals surface area contributed by atoms with Crippen LogP contribution in [0.3, 0.4) is 0 Å². The summed E-state index contributed by atoms with van der Waals surface area (Å²) in [5.41, 5.74) is 0. The topological polar surface area (TPSA) is 38.3 Å². The predicted octanol–water partition coefficient (Wildman–Crippen LogP) is 4.06. The largest absolute Gasteiger partial charge is 0.466 e. The molecule has 1 rings (SSSR count). The van der Waals surface area contributed by atoms with Gasteiger partial charge in [0.05, 0.1) is 12.5 Å². The molecule has 1 aliphatic rings. The molecule has 1 N–H and O–H groups in total. The highest BCUT2D eigenvalue weighted by molar-refractivity contribution is 5.72. The Morgan fingerprint density at radius 3 is 2.75 bits per heavy atom. The number of ether oxygens (including phenoxy) is 1. The molecule has 20 heavy (non-hydrogen) atoms. The number of carbonyl (C=O) groups is 1. The van der Waals surface area contributed by atoms with Gasteiger partial charge in [-0.15, -0.1) is 0 Å². The van der Waals surface area contributed by atoms with Gasteiger partial charge in [0, 0.05) is 12.1 Å². The third kappa shape index (κ3) is 6.74. The molecular weight excluding hydrogens is 250 g/mol. The molecule has 0 aromatic carbocycles. The van der Waals surface area contributed by atoms with Crippen LogP contribution >= 0.6 is 0 Å². The van der Waals surface area contributed by atoms with Gasteiger partial charge in [-0.1, -0.05) is 39.0 Å². The Hall–Kier alpha value is -0.570. The molecule has 0 heterocycles. The van der Waals surface area contributed by atoms with Crippen LogP contribution in [0.25, 0.3) is 0 Å². The van der Waals surface area contributed by atoms with Crippen LogP contribution < -0.4 is 5.32 Å². The minimum Gasteiger partial charge on any atom is -0.466 e. The molecule has 0 aromatic heterocycles. The normalized spacial score (nSPS) is 24.4. The minimum atomic E-state index is 0.00889. The Kier molecular flexibility index (Phi) is 8.92. The minimum absolute atomic E-state index is 0.00889. The van der Waals surface area contributed by atoms with Gasteiger partial charge in [0.2, 0.25) is 0 Å². The summed E-state index contributed by atoms with van der Waals surface area (Å²) in [6, 6.07) is 1.07. The zero-order valence-electron chi connectivity index (χ0n) is 13.6. The van der Waals surface area contributed by atoms with Gasteiger partial charge >= 0.3 is 5.97 Å². The second-order valence-corrected chi connectivity index (χ2v) is 6.23. The first-order chi connectivity index (χ1) is 9.67. The van der Waals surface area contributed by atoms with E-state index in [4.69, 9.17) is 4.74 Å². The average Bonchev–Trinajstić information content (AvgIpc) is 2.44. The first kappa shape index (κ1) is 17.5. The maximum absolute atomic E-state index is 11.8. The van der Waals surface area contributed by atoms with Crippen molar-refractivity contribution in [3.8, 4) is 0 Å².